The summed E-state index contributed by atoms with van der Waals surface area (Å²) < 4.78 is 7.41. The highest BCUT2D eigenvalue weighted by molar-refractivity contribution is 5.77. The lowest BCUT2D eigenvalue weighted by atomic mass is 10.2. The normalized spacial score (nSPS) is 21.6. The van der Waals surface area contributed by atoms with E-state index in [-0.39, 0.29) is 12.5 Å². The van der Waals surface area contributed by atoms with Crippen molar-refractivity contribution < 1.29 is 9.53 Å². The van der Waals surface area contributed by atoms with Gasteiger partial charge in [0.2, 0.25) is 11.9 Å². The van der Waals surface area contributed by atoms with Crippen molar-refractivity contribution in [1.29, 1.82) is 0 Å². The van der Waals surface area contributed by atoms with E-state index in [2.05, 4.69) is 38.4 Å². The number of likely N-dealkylation sites (N-methyl/N-ethyl adjacent to an activating group) is 1. The number of likely N-dealkylation sites (tertiary alicyclic amines) is 1. The molecule has 1 saturated carbocycles. The topological polar surface area (TPSA) is 100 Å². The Morgan fingerprint density at radius 3 is 2.91 bits per heavy atom. The molecule has 1 unspecified atom stereocenters. The van der Waals surface area contributed by atoms with Gasteiger partial charge in [0.05, 0.1) is 17.4 Å². The number of aromatic nitrogens is 4. The third-order valence-electron chi connectivity index (χ3n) is 6.93. The number of nitrogens with zero attached hydrogens (tertiary/aromatic N) is 6. The molecule has 2 saturated heterocycles. The van der Waals surface area contributed by atoms with Crippen LogP contribution in [0.25, 0.3) is 0 Å². The highest BCUT2D eigenvalue weighted by Crippen LogP contribution is 2.42. The van der Waals surface area contributed by atoms with E-state index < -0.39 is 0 Å². The molecule has 0 spiro atoms. The number of carbonyl (C=O) groups excluding carboxylic acids is 1. The zero-order valence-electron chi connectivity index (χ0n) is 20.3. The highest BCUT2D eigenvalue weighted by Gasteiger charge is 2.28. The van der Waals surface area contributed by atoms with E-state index in [0.717, 1.165) is 69.2 Å². The molecule has 1 aliphatic carbocycles. The molecule has 2 N–H and O–H groups in total. The minimum Gasteiger partial charge on any atom is -0.372 e. The van der Waals surface area contributed by atoms with Gasteiger partial charge in [-0.25, -0.2) is 4.98 Å². The standard InChI is InChI=1S/C24H36N8O2/c1-17-21(15-32(29-17)19-7-11-30(2)14-19)27-24-26-13-20(18-5-6-18)23(28-24)25-8-3-9-31-10-4-12-34-16-22(31)33/h13,15,18-19H,3-12,14,16H2,1-2H3,(H2,25,26,27,28). The average Bonchev–Trinajstić information content (AvgIpc) is 3.52. The molecule has 10 heteroatoms. The second-order valence-electron chi connectivity index (χ2n) is 9.78. The zero-order valence-corrected chi connectivity index (χ0v) is 20.3. The van der Waals surface area contributed by atoms with Crippen LogP contribution in [0.4, 0.5) is 17.5 Å². The molecule has 2 aromatic rings. The maximum atomic E-state index is 12.1. The molecule has 0 bridgehead atoms. The third kappa shape index (κ3) is 5.50. The second-order valence-corrected chi connectivity index (χ2v) is 9.78. The van der Waals surface area contributed by atoms with Crippen LogP contribution in [-0.2, 0) is 9.53 Å². The Labute approximate surface area is 201 Å². The summed E-state index contributed by atoms with van der Waals surface area (Å²) in [6, 6.07) is 0.414. The monoisotopic (exact) mass is 468 g/mol. The van der Waals surface area contributed by atoms with Crippen LogP contribution in [0, 0.1) is 6.92 Å². The van der Waals surface area contributed by atoms with E-state index in [1.807, 2.05) is 18.0 Å². The molecule has 0 aromatic carbocycles. The number of anilines is 3. The van der Waals surface area contributed by atoms with Crippen LogP contribution in [0.1, 0.15) is 55.3 Å². The predicted octanol–water partition coefficient (Wildman–Crippen LogP) is 2.53. The van der Waals surface area contributed by atoms with E-state index in [1.54, 1.807) is 0 Å². The summed E-state index contributed by atoms with van der Waals surface area (Å²) in [6.07, 6.45) is 9.30. The number of rotatable bonds is 9. The predicted molar refractivity (Wildman–Crippen MR) is 131 cm³/mol. The Morgan fingerprint density at radius 1 is 1.24 bits per heavy atom. The molecule has 1 atom stereocenters. The number of amides is 1. The maximum Gasteiger partial charge on any atom is 0.248 e. The van der Waals surface area contributed by atoms with Crippen LogP contribution >= 0.6 is 0 Å². The third-order valence-corrected chi connectivity index (χ3v) is 6.93. The van der Waals surface area contributed by atoms with Crippen LogP contribution in [0.15, 0.2) is 12.4 Å². The van der Waals surface area contributed by atoms with Crippen molar-refractivity contribution in [2.24, 2.45) is 0 Å². The van der Waals surface area contributed by atoms with Crippen molar-refractivity contribution in [3.63, 3.8) is 0 Å². The van der Waals surface area contributed by atoms with Crippen molar-refractivity contribution in [1.82, 2.24) is 29.5 Å². The Hall–Kier alpha value is -2.72. The second kappa shape index (κ2) is 10.3. The van der Waals surface area contributed by atoms with E-state index in [4.69, 9.17) is 14.8 Å². The van der Waals surface area contributed by atoms with Gasteiger partial charge in [-0.2, -0.15) is 10.1 Å². The highest BCUT2D eigenvalue weighted by atomic mass is 16.5. The van der Waals surface area contributed by atoms with E-state index >= 15 is 0 Å². The van der Waals surface area contributed by atoms with E-state index in [0.29, 0.717) is 24.5 Å². The Balaban J connectivity index is 1.22. The number of carbonyl (C=O) groups is 1. The molecule has 0 radical (unpaired) electrons. The zero-order chi connectivity index (χ0) is 23.5. The molecule has 3 fully saturated rings. The molecule has 2 aliphatic heterocycles. The van der Waals surface area contributed by atoms with E-state index in [9.17, 15) is 4.79 Å². The number of hydrogen-bond acceptors (Lipinski definition) is 8. The molecular weight excluding hydrogens is 432 g/mol. The van der Waals surface area contributed by atoms with Gasteiger partial charge in [-0.1, -0.05) is 0 Å². The van der Waals surface area contributed by atoms with Gasteiger partial charge in [-0.15, -0.1) is 0 Å². The summed E-state index contributed by atoms with van der Waals surface area (Å²) in [5.74, 6) is 2.11. The average molecular weight is 469 g/mol. The van der Waals surface area contributed by atoms with Gasteiger partial charge in [0, 0.05) is 50.7 Å². The summed E-state index contributed by atoms with van der Waals surface area (Å²) in [4.78, 5) is 25.8. The summed E-state index contributed by atoms with van der Waals surface area (Å²) in [6.45, 7) is 7.28. The number of ether oxygens (including phenoxy) is 1. The molecule has 184 valence electrons. The molecular formula is C24H36N8O2. The van der Waals surface area contributed by atoms with E-state index in [1.165, 1.54) is 18.4 Å². The van der Waals surface area contributed by atoms with Crippen molar-refractivity contribution in [3.8, 4) is 0 Å². The quantitative estimate of drug-likeness (QED) is 0.542. The van der Waals surface area contributed by atoms with Crippen molar-refractivity contribution in [2.45, 2.75) is 51.0 Å². The summed E-state index contributed by atoms with van der Waals surface area (Å²) in [7, 11) is 2.15. The van der Waals surface area contributed by atoms with Gasteiger partial charge in [0.1, 0.15) is 12.4 Å². The Bertz CT molecular complexity index is 1000. The summed E-state index contributed by atoms with van der Waals surface area (Å²) >= 11 is 0. The molecule has 3 aliphatic rings. The van der Waals surface area contributed by atoms with Crippen LogP contribution in [0.5, 0.6) is 0 Å². The number of aryl methyl sites for hydroxylation is 1. The molecule has 2 aromatic heterocycles. The Kier molecular flexibility index (Phi) is 6.96. The SMILES string of the molecule is Cc1nn(C2CCN(C)C2)cc1Nc1ncc(C2CC2)c(NCCCN2CCCOCC2=O)n1. The van der Waals surface area contributed by atoms with Gasteiger partial charge < -0.3 is 25.2 Å². The Morgan fingerprint density at radius 2 is 2.12 bits per heavy atom. The molecule has 10 nitrogen and oxygen atoms in total. The lowest BCUT2D eigenvalue weighted by Crippen LogP contribution is -2.34. The lowest BCUT2D eigenvalue weighted by molar-refractivity contribution is -0.133. The number of nitrogens with one attached hydrogen (secondary N) is 2. The largest absolute Gasteiger partial charge is 0.372 e. The maximum absolute atomic E-state index is 12.1. The smallest absolute Gasteiger partial charge is 0.248 e. The van der Waals surface area contributed by atoms with Crippen molar-refractivity contribution in [3.05, 3.63) is 23.7 Å². The number of hydrogen-bond donors (Lipinski definition) is 2. The van der Waals surface area contributed by atoms with Crippen molar-refractivity contribution >= 4 is 23.4 Å². The van der Waals surface area contributed by atoms with Gasteiger partial charge in [-0.3, -0.25) is 9.48 Å². The minimum atomic E-state index is 0.0878. The van der Waals surface area contributed by atoms with Crippen LogP contribution in [-0.4, -0.2) is 88.4 Å². The van der Waals surface area contributed by atoms with Crippen LogP contribution < -0.4 is 10.6 Å². The van der Waals surface area contributed by atoms with Crippen LogP contribution in [0.2, 0.25) is 0 Å². The van der Waals surface area contributed by atoms with Crippen molar-refractivity contribution in [2.75, 3.05) is 63.6 Å². The fraction of sp³-hybridized carbons (Fsp3) is 0.667. The molecule has 5 rings (SSSR count). The van der Waals surface area contributed by atoms with Gasteiger partial charge in [0.15, 0.2) is 0 Å². The first-order valence-electron chi connectivity index (χ1n) is 12.5. The first kappa shape index (κ1) is 23.0. The van der Waals surface area contributed by atoms with Gasteiger partial charge in [0.25, 0.3) is 0 Å². The summed E-state index contributed by atoms with van der Waals surface area (Å²) in [5, 5.41) is 11.6. The lowest BCUT2D eigenvalue weighted by Gasteiger charge is -2.20. The fourth-order valence-electron chi connectivity index (χ4n) is 4.77. The summed E-state index contributed by atoms with van der Waals surface area (Å²) in [5.41, 5.74) is 3.08. The van der Waals surface area contributed by atoms with Gasteiger partial charge in [-0.05, 0) is 58.5 Å². The van der Waals surface area contributed by atoms with Crippen LogP contribution in [0.3, 0.4) is 0 Å². The fourth-order valence-corrected chi connectivity index (χ4v) is 4.77. The first-order chi connectivity index (χ1) is 16.6. The molecule has 4 heterocycles. The van der Waals surface area contributed by atoms with Gasteiger partial charge >= 0.3 is 0 Å². The molecule has 34 heavy (non-hydrogen) atoms. The molecule has 1 amide bonds. The minimum absolute atomic E-state index is 0.0878. The first-order valence-corrected chi connectivity index (χ1v) is 12.5.